The van der Waals surface area contributed by atoms with E-state index in [1.807, 2.05) is 18.2 Å². The van der Waals surface area contributed by atoms with Crippen LogP contribution in [0.5, 0.6) is 5.75 Å². The number of rotatable bonds is 2. The third kappa shape index (κ3) is 1.36. The smallest absolute Gasteiger partial charge is 0.136 e. The summed E-state index contributed by atoms with van der Waals surface area (Å²) in [5.74, 6) is 1.73. The molecular weight excluding hydrogens is 200 g/mol. The number of Topliss-reactive ketones (excluding diaryl/α,β-unsaturated/α-hetero) is 1. The Hall–Kier alpha value is -1.31. The summed E-state index contributed by atoms with van der Waals surface area (Å²) in [5.41, 5.74) is 1.21. The molecule has 1 saturated carbocycles. The van der Waals surface area contributed by atoms with Crippen molar-refractivity contribution in [2.45, 2.75) is 26.2 Å². The van der Waals surface area contributed by atoms with Crippen molar-refractivity contribution in [3.8, 4) is 5.75 Å². The zero-order valence-electron chi connectivity index (χ0n) is 9.53. The summed E-state index contributed by atoms with van der Waals surface area (Å²) < 4.78 is 5.76. The molecule has 0 amide bonds. The van der Waals surface area contributed by atoms with Gasteiger partial charge in [-0.25, -0.2) is 0 Å². The van der Waals surface area contributed by atoms with Gasteiger partial charge < -0.3 is 4.74 Å². The van der Waals surface area contributed by atoms with Crippen LogP contribution in [0.2, 0.25) is 0 Å². The fraction of sp³-hybridized carbons (Fsp3) is 0.500. The zero-order valence-corrected chi connectivity index (χ0v) is 9.53. The first-order valence-electron chi connectivity index (χ1n) is 5.94. The monoisotopic (exact) mass is 216 g/mol. The van der Waals surface area contributed by atoms with Crippen molar-refractivity contribution in [1.82, 2.24) is 0 Å². The summed E-state index contributed by atoms with van der Waals surface area (Å²) in [6.45, 7) is 2.43. The van der Waals surface area contributed by atoms with E-state index in [0.29, 0.717) is 18.3 Å². The van der Waals surface area contributed by atoms with Crippen LogP contribution in [0.3, 0.4) is 0 Å². The topological polar surface area (TPSA) is 26.3 Å². The molecule has 1 unspecified atom stereocenters. The molecule has 2 nitrogen and oxygen atoms in total. The maximum Gasteiger partial charge on any atom is 0.136 e. The van der Waals surface area contributed by atoms with Crippen molar-refractivity contribution in [3.63, 3.8) is 0 Å². The van der Waals surface area contributed by atoms with E-state index in [4.69, 9.17) is 4.74 Å². The number of hydrogen-bond donors (Lipinski definition) is 0. The third-order valence-corrected chi connectivity index (χ3v) is 4.15. The number of carbonyl (C=O) groups is 1. The van der Waals surface area contributed by atoms with Gasteiger partial charge in [0.25, 0.3) is 0 Å². The highest BCUT2D eigenvalue weighted by atomic mass is 16.5. The Kier molecular flexibility index (Phi) is 2.06. The van der Waals surface area contributed by atoms with Gasteiger partial charge in [0.15, 0.2) is 0 Å². The van der Waals surface area contributed by atoms with Crippen molar-refractivity contribution in [2.24, 2.45) is 11.3 Å². The first kappa shape index (κ1) is 9.88. The Morgan fingerprint density at radius 3 is 2.81 bits per heavy atom. The highest BCUT2D eigenvalue weighted by Crippen LogP contribution is 2.55. The van der Waals surface area contributed by atoms with Crippen LogP contribution in [-0.2, 0) is 11.2 Å². The molecule has 1 heterocycles. The van der Waals surface area contributed by atoms with Crippen molar-refractivity contribution < 1.29 is 9.53 Å². The van der Waals surface area contributed by atoms with E-state index < -0.39 is 0 Å². The molecule has 0 aromatic heterocycles. The minimum absolute atomic E-state index is 0.0481. The third-order valence-electron chi connectivity index (χ3n) is 4.15. The predicted molar refractivity (Wildman–Crippen MR) is 61.5 cm³/mol. The average molecular weight is 216 g/mol. The van der Waals surface area contributed by atoms with E-state index in [2.05, 4.69) is 6.07 Å². The van der Waals surface area contributed by atoms with Crippen LogP contribution in [0.25, 0.3) is 0 Å². The lowest BCUT2D eigenvalue weighted by atomic mass is 9.80. The molecule has 2 aliphatic rings. The summed E-state index contributed by atoms with van der Waals surface area (Å²) in [6.07, 6.45) is 3.10. The first-order chi connectivity index (χ1) is 7.72. The number of para-hydroxylation sites is 1. The summed E-state index contributed by atoms with van der Waals surface area (Å²) in [6, 6.07) is 8.16. The van der Waals surface area contributed by atoms with Crippen LogP contribution in [0.15, 0.2) is 24.3 Å². The minimum Gasteiger partial charge on any atom is -0.493 e. The number of carbonyl (C=O) groups excluding carboxylic acids is 1. The Morgan fingerprint density at radius 2 is 2.12 bits per heavy atom. The van der Waals surface area contributed by atoms with Gasteiger partial charge in [0.05, 0.1) is 6.61 Å². The molecular formula is C14H16O2. The Bertz CT molecular complexity index is 432. The molecule has 0 spiro atoms. The Labute approximate surface area is 95.6 Å². The van der Waals surface area contributed by atoms with Crippen LogP contribution < -0.4 is 4.74 Å². The zero-order chi connectivity index (χ0) is 11.2. The van der Waals surface area contributed by atoms with Gasteiger partial charge in [0, 0.05) is 11.3 Å². The van der Waals surface area contributed by atoms with E-state index >= 15 is 0 Å². The average Bonchev–Trinajstić information content (AvgIpc) is 3.09. The van der Waals surface area contributed by atoms with Crippen molar-refractivity contribution >= 4 is 5.78 Å². The van der Waals surface area contributed by atoms with Crippen LogP contribution in [0.4, 0.5) is 0 Å². The molecule has 0 N–H and O–H groups in total. The van der Waals surface area contributed by atoms with E-state index in [1.165, 1.54) is 5.56 Å². The molecule has 1 atom stereocenters. The number of ether oxygens (including phenoxy) is 1. The quantitative estimate of drug-likeness (QED) is 0.759. The fourth-order valence-corrected chi connectivity index (χ4v) is 2.87. The first-order valence-corrected chi connectivity index (χ1v) is 5.94. The lowest BCUT2D eigenvalue weighted by Crippen LogP contribution is -2.33. The maximum absolute atomic E-state index is 11.7. The van der Waals surface area contributed by atoms with E-state index in [9.17, 15) is 4.79 Å². The second-order valence-corrected chi connectivity index (χ2v) is 5.03. The van der Waals surface area contributed by atoms with Gasteiger partial charge in [-0.2, -0.15) is 0 Å². The number of ketones is 1. The van der Waals surface area contributed by atoms with Crippen molar-refractivity contribution in [2.75, 3.05) is 6.61 Å². The van der Waals surface area contributed by atoms with Gasteiger partial charge in [-0.15, -0.1) is 0 Å². The summed E-state index contributed by atoms with van der Waals surface area (Å²) in [7, 11) is 0. The lowest BCUT2D eigenvalue weighted by Gasteiger charge is -2.30. The van der Waals surface area contributed by atoms with Crippen molar-refractivity contribution in [1.29, 1.82) is 0 Å². The van der Waals surface area contributed by atoms with Gasteiger partial charge in [0.1, 0.15) is 11.5 Å². The van der Waals surface area contributed by atoms with Crippen molar-refractivity contribution in [3.05, 3.63) is 29.8 Å². The van der Waals surface area contributed by atoms with E-state index in [1.54, 1.807) is 6.92 Å². The largest absolute Gasteiger partial charge is 0.493 e. The van der Waals surface area contributed by atoms with Gasteiger partial charge in [-0.1, -0.05) is 18.2 Å². The van der Waals surface area contributed by atoms with Crippen LogP contribution >= 0.6 is 0 Å². The highest BCUT2D eigenvalue weighted by Gasteiger charge is 2.54. The molecule has 1 fully saturated rings. The summed E-state index contributed by atoms with van der Waals surface area (Å²) in [4.78, 5) is 11.7. The normalized spacial score (nSPS) is 25.4. The molecule has 1 aliphatic heterocycles. The Balaban J connectivity index is 1.86. The predicted octanol–water partition coefficient (Wildman–Crippen LogP) is 2.61. The lowest BCUT2D eigenvalue weighted by molar-refractivity contribution is -0.124. The molecule has 1 aromatic rings. The number of hydrogen-bond acceptors (Lipinski definition) is 2. The summed E-state index contributed by atoms with van der Waals surface area (Å²) in [5, 5.41) is 0. The van der Waals surface area contributed by atoms with Gasteiger partial charge >= 0.3 is 0 Å². The van der Waals surface area contributed by atoms with E-state index in [0.717, 1.165) is 25.0 Å². The van der Waals surface area contributed by atoms with Crippen LogP contribution in [0, 0.1) is 11.3 Å². The highest BCUT2D eigenvalue weighted by molar-refractivity contribution is 5.85. The standard InChI is InChI=1S/C14H16O2/c1-10(15)14(6-7-14)12-8-11-4-2-3-5-13(11)16-9-12/h2-5,12H,6-9H2,1H3. The maximum atomic E-state index is 11.7. The van der Waals surface area contributed by atoms with Gasteiger partial charge in [-0.3, -0.25) is 4.79 Å². The molecule has 16 heavy (non-hydrogen) atoms. The molecule has 0 radical (unpaired) electrons. The molecule has 3 rings (SSSR count). The van der Waals surface area contributed by atoms with Crippen LogP contribution in [0.1, 0.15) is 25.3 Å². The molecule has 84 valence electrons. The second kappa shape index (κ2) is 3.34. The molecule has 1 aromatic carbocycles. The second-order valence-electron chi connectivity index (χ2n) is 5.03. The Morgan fingerprint density at radius 1 is 1.38 bits per heavy atom. The van der Waals surface area contributed by atoms with Crippen LogP contribution in [-0.4, -0.2) is 12.4 Å². The van der Waals surface area contributed by atoms with E-state index in [-0.39, 0.29) is 5.41 Å². The summed E-state index contributed by atoms with van der Waals surface area (Å²) >= 11 is 0. The molecule has 0 bridgehead atoms. The molecule has 1 aliphatic carbocycles. The number of benzene rings is 1. The molecule has 2 heteroatoms. The fourth-order valence-electron chi connectivity index (χ4n) is 2.87. The van der Waals surface area contributed by atoms with Gasteiger partial charge in [0.2, 0.25) is 0 Å². The number of fused-ring (bicyclic) bond motifs is 1. The SMILES string of the molecule is CC(=O)C1(C2COc3ccccc3C2)CC1. The molecule has 0 saturated heterocycles. The minimum atomic E-state index is -0.0481. The van der Waals surface area contributed by atoms with Gasteiger partial charge in [-0.05, 0) is 37.8 Å².